The molecule has 0 atom stereocenters. The van der Waals surface area contributed by atoms with Crippen molar-refractivity contribution in [2.45, 2.75) is 24.9 Å². The highest BCUT2D eigenvalue weighted by Gasteiger charge is 2.36. The number of amides is 1. The molecule has 2 heterocycles. The van der Waals surface area contributed by atoms with Gasteiger partial charge in [0.25, 0.3) is 5.56 Å². The summed E-state index contributed by atoms with van der Waals surface area (Å²) < 4.78 is 6.82. The summed E-state index contributed by atoms with van der Waals surface area (Å²) in [4.78, 5) is 25.0. The first-order valence-corrected chi connectivity index (χ1v) is 8.00. The predicted octanol–water partition coefficient (Wildman–Crippen LogP) is 1.34. The van der Waals surface area contributed by atoms with Crippen molar-refractivity contribution < 1.29 is 9.53 Å². The van der Waals surface area contributed by atoms with Crippen LogP contribution in [-0.4, -0.2) is 29.2 Å². The van der Waals surface area contributed by atoms with Crippen LogP contribution >= 0.6 is 0 Å². The minimum absolute atomic E-state index is 0.245. The fraction of sp³-hybridized carbons (Fsp3) is 0.333. The summed E-state index contributed by atoms with van der Waals surface area (Å²) in [7, 11) is 0. The molecule has 1 aromatic heterocycles. The van der Waals surface area contributed by atoms with Gasteiger partial charge in [-0.15, -0.1) is 0 Å². The van der Waals surface area contributed by atoms with Crippen LogP contribution in [0.15, 0.2) is 53.5 Å². The number of hydrogen-bond donors (Lipinski definition) is 2. The minimum atomic E-state index is -0.981. The Morgan fingerprint density at radius 1 is 1.17 bits per heavy atom. The molecule has 1 saturated heterocycles. The maximum Gasteiger partial charge on any atom is 0.274 e. The van der Waals surface area contributed by atoms with Gasteiger partial charge in [-0.05, 0) is 30.5 Å². The zero-order valence-electron chi connectivity index (χ0n) is 13.4. The molecule has 126 valence electrons. The van der Waals surface area contributed by atoms with Crippen molar-refractivity contribution in [3.05, 3.63) is 64.6 Å². The first-order valence-electron chi connectivity index (χ1n) is 8.00. The number of nitrogens with two attached hydrogens (primary N) is 1. The lowest BCUT2D eigenvalue weighted by molar-refractivity contribution is -0.124. The Bertz CT molecular complexity index is 765. The van der Waals surface area contributed by atoms with Crippen molar-refractivity contribution in [1.82, 2.24) is 4.57 Å². The molecule has 6 heteroatoms. The summed E-state index contributed by atoms with van der Waals surface area (Å²) in [6, 6.07) is 13.0. The van der Waals surface area contributed by atoms with Gasteiger partial charge in [-0.2, -0.15) is 0 Å². The molecule has 3 rings (SSSR count). The van der Waals surface area contributed by atoms with Gasteiger partial charge in [0.15, 0.2) is 0 Å². The fourth-order valence-corrected chi connectivity index (χ4v) is 2.75. The van der Waals surface area contributed by atoms with E-state index in [4.69, 9.17) is 10.5 Å². The van der Waals surface area contributed by atoms with Gasteiger partial charge >= 0.3 is 0 Å². The largest absolute Gasteiger partial charge is 0.381 e. The van der Waals surface area contributed by atoms with Crippen LogP contribution in [0.4, 0.5) is 5.69 Å². The number of aromatic nitrogens is 1. The highest BCUT2D eigenvalue weighted by atomic mass is 16.5. The van der Waals surface area contributed by atoms with Crippen molar-refractivity contribution in [2.75, 3.05) is 18.5 Å². The van der Waals surface area contributed by atoms with Gasteiger partial charge < -0.3 is 20.4 Å². The van der Waals surface area contributed by atoms with Gasteiger partial charge in [0, 0.05) is 19.4 Å². The number of carbonyl (C=O) groups is 1. The average molecular weight is 327 g/mol. The Hall–Kier alpha value is -2.44. The molecule has 2 aromatic rings. The molecule has 1 fully saturated rings. The quantitative estimate of drug-likeness (QED) is 0.887. The summed E-state index contributed by atoms with van der Waals surface area (Å²) in [5, 5.41) is 2.69. The van der Waals surface area contributed by atoms with E-state index in [-0.39, 0.29) is 17.2 Å². The second-order valence-corrected chi connectivity index (χ2v) is 6.06. The first kappa shape index (κ1) is 16.4. The van der Waals surface area contributed by atoms with Crippen molar-refractivity contribution in [2.24, 2.45) is 5.73 Å². The molecule has 0 bridgehead atoms. The van der Waals surface area contributed by atoms with E-state index >= 15 is 0 Å². The van der Waals surface area contributed by atoms with Crippen LogP contribution < -0.4 is 16.6 Å². The third-order valence-corrected chi connectivity index (χ3v) is 4.30. The molecule has 0 saturated carbocycles. The van der Waals surface area contributed by atoms with Crippen molar-refractivity contribution in [1.29, 1.82) is 0 Å². The number of anilines is 1. The van der Waals surface area contributed by atoms with Gasteiger partial charge in [0.05, 0.1) is 6.54 Å². The summed E-state index contributed by atoms with van der Waals surface area (Å²) in [5.74, 6) is -0.333. The van der Waals surface area contributed by atoms with Gasteiger partial charge in [-0.3, -0.25) is 9.59 Å². The number of pyridine rings is 1. The fourth-order valence-electron chi connectivity index (χ4n) is 2.75. The Labute approximate surface area is 140 Å². The number of hydrogen-bond acceptors (Lipinski definition) is 4. The van der Waals surface area contributed by atoms with Crippen LogP contribution in [0.1, 0.15) is 18.4 Å². The maximum atomic E-state index is 12.6. The van der Waals surface area contributed by atoms with E-state index < -0.39 is 5.54 Å². The van der Waals surface area contributed by atoms with Crippen LogP contribution in [0, 0.1) is 0 Å². The number of carbonyl (C=O) groups excluding carboxylic acids is 1. The minimum Gasteiger partial charge on any atom is -0.381 e. The van der Waals surface area contributed by atoms with E-state index in [0.29, 0.717) is 32.6 Å². The zero-order valence-corrected chi connectivity index (χ0v) is 13.4. The molecule has 0 unspecified atom stereocenters. The van der Waals surface area contributed by atoms with Gasteiger partial charge in [-0.1, -0.05) is 30.3 Å². The molecule has 24 heavy (non-hydrogen) atoms. The van der Waals surface area contributed by atoms with Crippen LogP contribution in [0.25, 0.3) is 0 Å². The van der Waals surface area contributed by atoms with Crippen LogP contribution in [0.2, 0.25) is 0 Å². The van der Waals surface area contributed by atoms with E-state index in [1.807, 2.05) is 30.3 Å². The maximum absolute atomic E-state index is 12.6. The normalized spacial score (nSPS) is 16.5. The Balaban J connectivity index is 1.78. The van der Waals surface area contributed by atoms with Crippen molar-refractivity contribution in [3.8, 4) is 0 Å². The van der Waals surface area contributed by atoms with E-state index in [9.17, 15) is 9.59 Å². The molecule has 1 aromatic carbocycles. The Morgan fingerprint density at radius 2 is 1.88 bits per heavy atom. The second kappa shape index (κ2) is 6.98. The topological polar surface area (TPSA) is 86.4 Å². The summed E-state index contributed by atoms with van der Waals surface area (Å²) >= 11 is 0. The molecular formula is C18H21N3O3. The highest BCUT2D eigenvalue weighted by Crippen LogP contribution is 2.19. The molecule has 0 aliphatic carbocycles. The molecule has 1 aliphatic heterocycles. The van der Waals surface area contributed by atoms with Crippen molar-refractivity contribution >= 4 is 11.6 Å². The number of ether oxygens (including phenoxy) is 1. The number of benzene rings is 1. The van der Waals surface area contributed by atoms with Crippen LogP contribution in [-0.2, 0) is 16.1 Å². The first-order chi connectivity index (χ1) is 11.6. The lowest BCUT2D eigenvalue weighted by Gasteiger charge is -2.31. The zero-order chi connectivity index (χ0) is 17.0. The number of nitrogens with one attached hydrogen (secondary N) is 1. The van der Waals surface area contributed by atoms with E-state index in [2.05, 4.69) is 5.32 Å². The molecule has 0 spiro atoms. The van der Waals surface area contributed by atoms with Gasteiger partial charge in [0.2, 0.25) is 5.91 Å². The Kier molecular flexibility index (Phi) is 4.78. The third kappa shape index (κ3) is 3.55. The SMILES string of the molecule is NC1(C(=O)Nc2cccn(Cc3ccccc3)c2=O)CCOCC1. The van der Waals surface area contributed by atoms with Gasteiger partial charge in [0.1, 0.15) is 11.2 Å². The van der Waals surface area contributed by atoms with Crippen molar-refractivity contribution in [3.63, 3.8) is 0 Å². The van der Waals surface area contributed by atoms with E-state index in [0.717, 1.165) is 5.56 Å². The number of rotatable bonds is 4. The smallest absolute Gasteiger partial charge is 0.274 e. The third-order valence-electron chi connectivity index (χ3n) is 4.30. The lowest BCUT2D eigenvalue weighted by atomic mass is 9.90. The van der Waals surface area contributed by atoms with E-state index in [1.54, 1.807) is 22.9 Å². The average Bonchev–Trinajstić information content (AvgIpc) is 2.60. The summed E-state index contributed by atoms with van der Waals surface area (Å²) in [5.41, 5.74) is 6.20. The Morgan fingerprint density at radius 3 is 2.58 bits per heavy atom. The molecule has 3 N–H and O–H groups in total. The molecular weight excluding hydrogens is 306 g/mol. The van der Waals surface area contributed by atoms with Gasteiger partial charge in [-0.25, -0.2) is 0 Å². The standard InChI is InChI=1S/C18H21N3O3/c19-18(8-11-24-12-9-18)17(23)20-15-7-4-10-21(16(15)22)13-14-5-2-1-3-6-14/h1-7,10H,8-9,11-13,19H2,(H,20,23). The molecule has 1 aliphatic rings. The summed E-state index contributed by atoms with van der Waals surface area (Å²) in [6.45, 7) is 1.36. The molecule has 1 amide bonds. The summed E-state index contributed by atoms with van der Waals surface area (Å²) in [6.07, 6.45) is 2.60. The molecule has 6 nitrogen and oxygen atoms in total. The molecule has 0 radical (unpaired) electrons. The monoisotopic (exact) mass is 327 g/mol. The second-order valence-electron chi connectivity index (χ2n) is 6.06. The number of nitrogens with zero attached hydrogens (tertiary/aromatic N) is 1. The van der Waals surface area contributed by atoms with Crippen LogP contribution in [0.3, 0.4) is 0 Å². The van der Waals surface area contributed by atoms with E-state index in [1.165, 1.54) is 0 Å². The highest BCUT2D eigenvalue weighted by molar-refractivity contribution is 5.97. The van der Waals surface area contributed by atoms with Crippen LogP contribution in [0.5, 0.6) is 0 Å². The lowest BCUT2D eigenvalue weighted by Crippen LogP contribution is -2.55. The predicted molar refractivity (Wildman–Crippen MR) is 91.8 cm³/mol.